The minimum atomic E-state index is -0.809. The monoisotopic (exact) mass is 345 g/mol. The van der Waals surface area contributed by atoms with Crippen molar-refractivity contribution in [2.24, 2.45) is 4.99 Å². The molecule has 0 atom stereocenters. The number of ether oxygens (including phenoxy) is 2. The predicted molar refractivity (Wildman–Crippen MR) is 92.0 cm³/mol. The summed E-state index contributed by atoms with van der Waals surface area (Å²) in [6.45, 7) is 11.0. The zero-order valence-electron chi connectivity index (χ0n) is 15.6. The van der Waals surface area contributed by atoms with E-state index in [-0.39, 0.29) is 12.6 Å². The topological polar surface area (TPSA) is 109 Å². The van der Waals surface area contributed by atoms with Crippen LogP contribution in [0.4, 0.5) is 9.59 Å². The van der Waals surface area contributed by atoms with Crippen molar-refractivity contribution in [1.82, 2.24) is 10.6 Å². The molecule has 0 aromatic rings. The van der Waals surface area contributed by atoms with Gasteiger partial charge in [0.2, 0.25) is 5.96 Å². The molecule has 0 saturated heterocycles. The number of amides is 2. The van der Waals surface area contributed by atoms with Gasteiger partial charge in [-0.1, -0.05) is 0 Å². The van der Waals surface area contributed by atoms with Crippen molar-refractivity contribution >= 4 is 18.1 Å². The molecule has 8 nitrogen and oxygen atoms in total. The molecular weight excluding hydrogens is 314 g/mol. The van der Waals surface area contributed by atoms with E-state index >= 15 is 0 Å². The molecule has 0 unspecified atom stereocenters. The fraction of sp³-hybridized carbons (Fsp3) is 0.812. The fourth-order valence-corrected chi connectivity index (χ4v) is 1.51. The van der Waals surface area contributed by atoms with Crippen LogP contribution in [0.5, 0.6) is 0 Å². The first-order chi connectivity index (χ1) is 10.9. The van der Waals surface area contributed by atoms with Crippen LogP contribution in [-0.4, -0.2) is 47.6 Å². The van der Waals surface area contributed by atoms with Gasteiger partial charge in [-0.15, -0.1) is 4.99 Å². The first-order valence-electron chi connectivity index (χ1n) is 8.09. The average molecular weight is 345 g/mol. The number of alkyl carbamates (subject to hydrolysis) is 1. The van der Waals surface area contributed by atoms with Crippen molar-refractivity contribution in [2.45, 2.75) is 72.0 Å². The maximum Gasteiger partial charge on any atom is 0.437 e. The molecule has 0 fully saturated rings. The number of unbranched alkanes of at least 4 members (excludes halogenated alkanes) is 2. The number of carbonyl (C=O) groups excluding carboxylic acids is 2. The van der Waals surface area contributed by atoms with E-state index in [1.54, 1.807) is 41.5 Å². The third-order valence-corrected chi connectivity index (χ3v) is 2.34. The van der Waals surface area contributed by atoms with Crippen molar-refractivity contribution in [2.75, 3.05) is 13.2 Å². The molecule has 0 aliphatic heterocycles. The van der Waals surface area contributed by atoms with Crippen LogP contribution in [0, 0.1) is 0 Å². The van der Waals surface area contributed by atoms with Crippen molar-refractivity contribution in [3.05, 3.63) is 0 Å². The van der Waals surface area contributed by atoms with E-state index in [9.17, 15) is 9.59 Å². The molecule has 0 rings (SSSR count). The van der Waals surface area contributed by atoms with E-state index in [1.165, 1.54) is 0 Å². The van der Waals surface area contributed by atoms with Crippen LogP contribution in [0.2, 0.25) is 0 Å². The molecule has 3 N–H and O–H groups in total. The summed E-state index contributed by atoms with van der Waals surface area (Å²) in [7, 11) is 0. The number of aliphatic hydroxyl groups is 1. The number of rotatable bonds is 5. The fourth-order valence-electron chi connectivity index (χ4n) is 1.51. The Balaban J connectivity index is 4.75. The lowest BCUT2D eigenvalue weighted by molar-refractivity contribution is 0.0560. The lowest BCUT2D eigenvalue weighted by Gasteiger charge is -2.21. The van der Waals surface area contributed by atoms with Crippen LogP contribution >= 0.6 is 0 Å². The Hall–Kier alpha value is -1.83. The highest BCUT2D eigenvalue weighted by atomic mass is 16.6. The van der Waals surface area contributed by atoms with E-state index < -0.39 is 23.4 Å². The SMILES string of the molecule is CC(C)(C)OC(=O)N=C(NCCCCCO)NC(=O)OC(C)(C)C. The number of nitrogens with zero attached hydrogens (tertiary/aromatic N) is 1. The van der Waals surface area contributed by atoms with Crippen molar-refractivity contribution in [1.29, 1.82) is 0 Å². The second kappa shape index (κ2) is 10.1. The zero-order valence-corrected chi connectivity index (χ0v) is 15.6. The highest BCUT2D eigenvalue weighted by Crippen LogP contribution is 2.08. The molecule has 0 saturated carbocycles. The van der Waals surface area contributed by atoms with Crippen molar-refractivity contribution in [3.8, 4) is 0 Å². The molecule has 0 aliphatic carbocycles. The van der Waals surface area contributed by atoms with Gasteiger partial charge in [-0.05, 0) is 60.8 Å². The maximum absolute atomic E-state index is 11.8. The third-order valence-electron chi connectivity index (χ3n) is 2.34. The molecule has 2 amide bonds. The molecule has 8 heteroatoms. The molecule has 0 radical (unpaired) electrons. The van der Waals surface area contributed by atoms with Gasteiger partial charge in [-0.2, -0.15) is 0 Å². The summed E-state index contributed by atoms with van der Waals surface area (Å²) in [6.07, 6.45) is 0.739. The summed E-state index contributed by atoms with van der Waals surface area (Å²) in [5.41, 5.74) is -1.35. The average Bonchev–Trinajstić information content (AvgIpc) is 2.33. The summed E-state index contributed by atoms with van der Waals surface area (Å²) >= 11 is 0. The van der Waals surface area contributed by atoms with Gasteiger partial charge in [0, 0.05) is 13.2 Å². The van der Waals surface area contributed by atoms with E-state index in [1.807, 2.05) is 0 Å². The quantitative estimate of drug-likeness (QED) is 0.401. The number of aliphatic hydroxyl groups excluding tert-OH is 1. The number of aliphatic imine (C=N–C) groups is 1. The Labute approximate surface area is 144 Å². The van der Waals surface area contributed by atoms with Gasteiger partial charge >= 0.3 is 12.2 Å². The summed E-state index contributed by atoms with van der Waals surface area (Å²) < 4.78 is 10.2. The zero-order chi connectivity index (χ0) is 18.8. The molecule has 140 valence electrons. The normalized spacial score (nSPS) is 12.5. The number of nitrogens with one attached hydrogen (secondary N) is 2. The van der Waals surface area contributed by atoms with Gasteiger partial charge in [-0.25, -0.2) is 9.59 Å². The maximum atomic E-state index is 11.8. The summed E-state index contributed by atoms with van der Waals surface area (Å²) in [5.74, 6) is -0.0255. The molecule has 0 bridgehead atoms. The van der Waals surface area contributed by atoms with E-state index in [2.05, 4.69) is 15.6 Å². The summed E-state index contributed by atoms with van der Waals surface area (Å²) in [5, 5.41) is 14.0. The Morgan fingerprint density at radius 1 is 0.958 bits per heavy atom. The van der Waals surface area contributed by atoms with Gasteiger partial charge in [0.25, 0.3) is 0 Å². The largest absolute Gasteiger partial charge is 0.444 e. The minimum absolute atomic E-state index is 0.0255. The Morgan fingerprint density at radius 3 is 2.04 bits per heavy atom. The third kappa shape index (κ3) is 13.8. The first-order valence-corrected chi connectivity index (χ1v) is 8.09. The second-order valence-electron chi connectivity index (χ2n) is 7.28. The highest BCUT2D eigenvalue weighted by Gasteiger charge is 2.20. The van der Waals surface area contributed by atoms with Crippen LogP contribution in [0.3, 0.4) is 0 Å². The van der Waals surface area contributed by atoms with E-state index in [0.29, 0.717) is 13.0 Å². The predicted octanol–water partition coefficient (Wildman–Crippen LogP) is 2.55. The number of hydrogen-bond donors (Lipinski definition) is 3. The Morgan fingerprint density at radius 2 is 1.54 bits per heavy atom. The molecule has 0 spiro atoms. The lowest BCUT2D eigenvalue weighted by atomic mass is 10.2. The van der Waals surface area contributed by atoms with Crippen LogP contribution in [-0.2, 0) is 9.47 Å². The highest BCUT2D eigenvalue weighted by molar-refractivity contribution is 5.98. The van der Waals surface area contributed by atoms with Gasteiger partial charge in [-0.3, -0.25) is 5.32 Å². The molecule has 0 aliphatic rings. The molecule has 0 aromatic carbocycles. The standard InChI is InChI=1S/C16H31N3O5/c1-15(2,3)23-13(21)18-12(17-10-8-7-9-11-20)19-14(22)24-16(4,5)6/h20H,7-11H2,1-6H3,(H2,17,18,19,21,22). The van der Waals surface area contributed by atoms with Gasteiger partial charge in [0.1, 0.15) is 11.2 Å². The Kier molecular flexibility index (Phi) is 9.35. The van der Waals surface area contributed by atoms with Crippen LogP contribution in [0.15, 0.2) is 4.99 Å². The van der Waals surface area contributed by atoms with Gasteiger partial charge in [0.15, 0.2) is 0 Å². The summed E-state index contributed by atoms with van der Waals surface area (Å²) in [6, 6.07) is 0. The minimum Gasteiger partial charge on any atom is -0.444 e. The van der Waals surface area contributed by atoms with E-state index in [4.69, 9.17) is 14.6 Å². The molecule has 0 aromatic heterocycles. The van der Waals surface area contributed by atoms with Crippen molar-refractivity contribution < 1.29 is 24.2 Å². The van der Waals surface area contributed by atoms with Crippen LogP contribution < -0.4 is 10.6 Å². The number of carbonyl (C=O) groups is 2. The lowest BCUT2D eigenvalue weighted by Crippen LogP contribution is -2.44. The smallest absolute Gasteiger partial charge is 0.437 e. The van der Waals surface area contributed by atoms with Gasteiger partial charge in [0.05, 0.1) is 0 Å². The second-order valence-corrected chi connectivity index (χ2v) is 7.28. The Bertz CT molecular complexity index is 436. The van der Waals surface area contributed by atoms with Crippen LogP contribution in [0.1, 0.15) is 60.8 Å². The molecule has 0 heterocycles. The summed E-state index contributed by atoms with van der Waals surface area (Å²) in [4.78, 5) is 27.4. The first kappa shape index (κ1) is 22.2. The number of hydrogen-bond acceptors (Lipinski definition) is 5. The molecular formula is C16H31N3O5. The number of guanidine groups is 1. The van der Waals surface area contributed by atoms with Crippen LogP contribution in [0.25, 0.3) is 0 Å². The van der Waals surface area contributed by atoms with Gasteiger partial charge < -0.3 is 19.9 Å². The molecule has 24 heavy (non-hydrogen) atoms. The van der Waals surface area contributed by atoms with Crippen molar-refractivity contribution in [3.63, 3.8) is 0 Å². The van der Waals surface area contributed by atoms with E-state index in [0.717, 1.165) is 12.8 Å².